The van der Waals surface area contributed by atoms with E-state index in [0.29, 0.717) is 11.3 Å². The predicted octanol–water partition coefficient (Wildman–Crippen LogP) is 3.55. The van der Waals surface area contributed by atoms with Crippen molar-refractivity contribution in [1.29, 1.82) is 0 Å². The molecule has 0 spiro atoms. The van der Waals surface area contributed by atoms with E-state index < -0.39 is 0 Å². The summed E-state index contributed by atoms with van der Waals surface area (Å²) in [7, 11) is 5.51. The smallest absolute Gasteiger partial charge is 0.163 e. The summed E-state index contributed by atoms with van der Waals surface area (Å²) in [6, 6.07) is 14.2. The second-order valence-corrected chi connectivity index (χ2v) is 5.31. The zero-order chi connectivity index (χ0) is 15.4. The van der Waals surface area contributed by atoms with Crippen LogP contribution in [0, 0.1) is 0 Å². The molecule has 3 nitrogen and oxygen atoms in total. The fourth-order valence-corrected chi connectivity index (χ4v) is 2.41. The third-order valence-electron chi connectivity index (χ3n) is 3.45. The van der Waals surface area contributed by atoms with Gasteiger partial charge in [0, 0.05) is 14.1 Å². The molecule has 0 N–H and O–H groups in total. The van der Waals surface area contributed by atoms with Crippen LogP contribution in [-0.2, 0) is 6.42 Å². The van der Waals surface area contributed by atoms with Gasteiger partial charge in [0.1, 0.15) is 0 Å². The average molecular weight is 283 g/mol. The molecule has 0 aliphatic rings. The molecule has 0 aromatic heterocycles. The van der Waals surface area contributed by atoms with Crippen molar-refractivity contribution in [2.75, 3.05) is 26.1 Å². The predicted molar refractivity (Wildman–Crippen MR) is 86.6 cm³/mol. The lowest BCUT2D eigenvalue weighted by molar-refractivity contribution is 0.101. The third kappa shape index (κ3) is 3.43. The second kappa shape index (κ2) is 6.44. The van der Waals surface area contributed by atoms with E-state index >= 15 is 0 Å². The van der Waals surface area contributed by atoms with E-state index in [-0.39, 0.29) is 5.78 Å². The maximum Gasteiger partial charge on any atom is 0.163 e. The van der Waals surface area contributed by atoms with Crippen molar-refractivity contribution >= 4 is 11.5 Å². The van der Waals surface area contributed by atoms with Crippen LogP contribution in [0.4, 0.5) is 5.69 Å². The quantitative estimate of drug-likeness (QED) is 0.786. The molecule has 0 amide bonds. The number of ketones is 1. The largest absolute Gasteiger partial charge is 0.494 e. The van der Waals surface area contributed by atoms with Crippen molar-refractivity contribution in [1.82, 2.24) is 0 Å². The Morgan fingerprint density at radius 2 is 1.76 bits per heavy atom. The molecule has 0 fully saturated rings. The van der Waals surface area contributed by atoms with E-state index in [9.17, 15) is 4.79 Å². The van der Waals surface area contributed by atoms with Gasteiger partial charge in [-0.1, -0.05) is 30.3 Å². The Labute approximate surface area is 126 Å². The Morgan fingerprint density at radius 3 is 2.29 bits per heavy atom. The lowest BCUT2D eigenvalue weighted by Crippen LogP contribution is -2.13. The van der Waals surface area contributed by atoms with Gasteiger partial charge in [-0.25, -0.2) is 0 Å². The number of hydrogen-bond acceptors (Lipinski definition) is 3. The van der Waals surface area contributed by atoms with Crippen LogP contribution in [0.2, 0.25) is 0 Å². The summed E-state index contributed by atoms with van der Waals surface area (Å²) >= 11 is 0. The number of benzene rings is 2. The highest BCUT2D eigenvalue weighted by atomic mass is 16.5. The molecule has 0 atom stereocenters. The van der Waals surface area contributed by atoms with Crippen LogP contribution in [0.15, 0.2) is 42.5 Å². The average Bonchev–Trinajstić information content (AvgIpc) is 2.47. The van der Waals surface area contributed by atoms with Gasteiger partial charge < -0.3 is 9.64 Å². The molecule has 0 unspecified atom stereocenters. The summed E-state index contributed by atoms with van der Waals surface area (Å²) in [5, 5.41) is 0. The number of carbonyl (C=O) groups is 1. The van der Waals surface area contributed by atoms with E-state index in [0.717, 1.165) is 17.7 Å². The number of ether oxygens (including phenoxy) is 1. The number of anilines is 1. The van der Waals surface area contributed by atoms with Crippen LogP contribution in [0.5, 0.6) is 5.75 Å². The molecular formula is C18H21NO2. The number of hydrogen-bond donors (Lipinski definition) is 0. The molecule has 2 rings (SSSR count). The molecule has 0 saturated carbocycles. The van der Waals surface area contributed by atoms with Gasteiger partial charge in [-0.15, -0.1) is 0 Å². The first-order chi connectivity index (χ1) is 10.0. The zero-order valence-corrected chi connectivity index (χ0v) is 13.0. The van der Waals surface area contributed by atoms with Gasteiger partial charge in [0.25, 0.3) is 0 Å². The van der Waals surface area contributed by atoms with Crippen LogP contribution in [0.3, 0.4) is 0 Å². The number of nitrogens with zero attached hydrogens (tertiary/aromatic N) is 1. The summed E-state index contributed by atoms with van der Waals surface area (Å²) < 4.78 is 5.44. The van der Waals surface area contributed by atoms with Crippen molar-refractivity contribution in [2.45, 2.75) is 13.3 Å². The molecule has 0 heterocycles. The molecule has 3 heteroatoms. The van der Waals surface area contributed by atoms with Crippen LogP contribution in [0.25, 0.3) is 0 Å². The minimum Gasteiger partial charge on any atom is -0.494 e. The van der Waals surface area contributed by atoms with E-state index in [1.54, 1.807) is 14.0 Å². The minimum atomic E-state index is 0.0184. The maximum absolute atomic E-state index is 11.9. The molecule has 0 radical (unpaired) electrons. The Balaban J connectivity index is 2.50. The highest BCUT2D eigenvalue weighted by molar-refractivity contribution is 5.99. The lowest BCUT2D eigenvalue weighted by Gasteiger charge is -2.20. The Morgan fingerprint density at radius 1 is 1.10 bits per heavy atom. The van der Waals surface area contributed by atoms with Crippen LogP contribution in [0.1, 0.15) is 28.4 Å². The summed E-state index contributed by atoms with van der Waals surface area (Å²) in [5.74, 6) is 0.661. The van der Waals surface area contributed by atoms with E-state index in [2.05, 4.69) is 18.2 Å². The van der Waals surface area contributed by atoms with Gasteiger partial charge in [-0.3, -0.25) is 4.79 Å². The van der Waals surface area contributed by atoms with Gasteiger partial charge in [0.15, 0.2) is 11.5 Å². The highest BCUT2D eigenvalue weighted by Crippen LogP contribution is 2.33. The number of carbonyl (C=O) groups excluding carboxylic acids is 1. The summed E-state index contributed by atoms with van der Waals surface area (Å²) in [6.45, 7) is 1.57. The van der Waals surface area contributed by atoms with Gasteiger partial charge in [0.05, 0.1) is 18.4 Å². The van der Waals surface area contributed by atoms with Crippen LogP contribution < -0.4 is 9.64 Å². The second-order valence-electron chi connectivity index (χ2n) is 5.31. The van der Waals surface area contributed by atoms with Crippen LogP contribution >= 0.6 is 0 Å². The first-order valence-electron chi connectivity index (χ1n) is 6.96. The molecular weight excluding hydrogens is 262 g/mol. The summed E-state index contributed by atoms with van der Waals surface area (Å²) in [6.07, 6.45) is 0.798. The maximum atomic E-state index is 11.9. The molecule has 0 aliphatic carbocycles. The fraction of sp³-hybridized carbons (Fsp3) is 0.278. The van der Waals surface area contributed by atoms with E-state index in [1.165, 1.54) is 5.56 Å². The molecule has 110 valence electrons. The lowest BCUT2D eigenvalue weighted by atomic mass is 9.99. The Kier molecular flexibility index (Phi) is 4.63. The highest BCUT2D eigenvalue weighted by Gasteiger charge is 2.16. The Bertz CT molecular complexity index is 633. The zero-order valence-electron chi connectivity index (χ0n) is 13.0. The van der Waals surface area contributed by atoms with Gasteiger partial charge in [-0.05, 0) is 36.6 Å². The summed E-state index contributed by atoms with van der Waals surface area (Å²) in [5.41, 5.74) is 3.89. The molecule has 0 saturated heterocycles. The van der Waals surface area contributed by atoms with E-state index in [1.807, 2.05) is 43.3 Å². The molecule has 0 aliphatic heterocycles. The van der Waals surface area contributed by atoms with Crippen molar-refractivity contribution < 1.29 is 9.53 Å². The number of rotatable bonds is 5. The summed E-state index contributed by atoms with van der Waals surface area (Å²) in [4.78, 5) is 13.9. The van der Waals surface area contributed by atoms with Gasteiger partial charge in [0.2, 0.25) is 0 Å². The fourth-order valence-electron chi connectivity index (χ4n) is 2.41. The monoisotopic (exact) mass is 283 g/mol. The number of Topliss-reactive ketones (excluding diaryl/α,β-unsaturated/α-hetero) is 1. The molecule has 21 heavy (non-hydrogen) atoms. The molecule has 0 bridgehead atoms. The van der Waals surface area contributed by atoms with Gasteiger partial charge >= 0.3 is 0 Å². The van der Waals surface area contributed by atoms with Crippen molar-refractivity contribution in [3.63, 3.8) is 0 Å². The normalized spacial score (nSPS) is 10.3. The first-order valence-corrected chi connectivity index (χ1v) is 6.96. The van der Waals surface area contributed by atoms with Crippen LogP contribution in [-0.4, -0.2) is 27.0 Å². The Hall–Kier alpha value is -2.29. The van der Waals surface area contributed by atoms with Crippen molar-refractivity contribution in [3.05, 3.63) is 59.2 Å². The minimum absolute atomic E-state index is 0.0184. The van der Waals surface area contributed by atoms with E-state index in [4.69, 9.17) is 4.74 Å². The first kappa shape index (κ1) is 15.1. The third-order valence-corrected chi connectivity index (χ3v) is 3.45. The van der Waals surface area contributed by atoms with Gasteiger partial charge in [-0.2, -0.15) is 0 Å². The SMILES string of the molecule is COc1c(C(C)=O)cc(Cc2ccccc2)cc1N(C)C. The molecule has 2 aromatic rings. The van der Waals surface area contributed by atoms with Crippen molar-refractivity contribution in [2.24, 2.45) is 0 Å². The molecule has 2 aromatic carbocycles. The topological polar surface area (TPSA) is 29.5 Å². The number of methoxy groups -OCH3 is 1. The standard InChI is InChI=1S/C18H21NO2/c1-13(20)16-11-15(10-14-8-6-5-7-9-14)12-17(19(2)3)18(16)21-4/h5-9,11-12H,10H2,1-4H3. The van der Waals surface area contributed by atoms with Crippen molar-refractivity contribution in [3.8, 4) is 5.75 Å².